The molecule has 0 aromatic carbocycles. The standard InChI is InChI=1S/C11H13F5N4O/c1-19-5-8(4-18-19)20(9(21)11(14,15)16)7-2-10(12,13)6-17-3-7/h4-5,7,17H,2-3,6H2,1H3/p+1. The maximum Gasteiger partial charge on any atom is 0.471 e. The third-order valence-corrected chi connectivity index (χ3v) is 3.21. The van der Waals surface area contributed by atoms with Crippen LogP contribution in [0, 0.1) is 0 Å². The van der Waals surface area contributed by atoms with Gasteiger partial charge in [-0.1, -0.05) is 0 Å². The molecule has 2 rings (SSSR count). The number of aromatic nitrogens is 2. The van der Waals surface area contributed by atoms with Crippen LogP contribution in [0.15, 0.2) is 12.4 Å². The van der Waals surface area contributed by atoms with Gasteiger partial charge in [-0.05, 0) is 0 Å². The molecule has 1 aliphatic rings. The molecule has 21 heavy (non-hydrogen) atoms. The van der Waals surface area contributed by atoms with Crippen molar-refractivity contribution in [2.75, 3.05) is 18.0 Å². The van der Waals surface area contributed by atoms with Crippen LogP contribution in [0.4, 0.5) is 27.6 Å². The molecule has 2 heterocycles. The predicted molar refractivity (Wildman–Crippen MR) is 61.8 cm³/mol. The fourth-order valence-electron chi connectivity index (χ4n) is 2.36. The lowest BCUT2D eigenvalue weighted by Gasteiger charge is -2.35. The van der Waals surface area contributed by atoms with Crippen LogP contribution in [0.5, 0.6) is 0 Å². The minimum Gasteiger partial charge on any atom is -0.340 e. The predicted octanol–water partition coefficient (Wildman–Crippen LogP) is 0.286. The van der Waals surface area contributed by atoms with Gasteiger partial charge in [-0.25, -0.2) is 8.78 Å². The lowest BCUT2D eigenvalue weighted by molar-refractivity contribution is -0.681. The summed E-state index contributed by atoms with van der Waals surface area (Å²) in [5.74, 6) is -5.28. The Balaban J connectivity index is 2.34. The van der Waals surface area contributed by atoms with Crippen LogP contribution in [-0.4, -0.2) is 46.9 Å². The van der Waals surface area contributed by atoms with Crippen molar-refractivity contribution in [3.8, 4) is 0 Å². The normalized spacial score (nSPS) is 22.1. The van der Waals surface area contributed by atoms with Crippen LogP contribution in [0.3, 0.4) is 0 Å². The zero-order valence-corrected chi connectivity index (χ0v) is 11.1. The monoisotopic (exact) mass is 313 g/mol. The molecule has 5 nitrogen and oxygen atoms in total. The number of hydrogen-bond donors (Lipinski definition) is 1. The van der Waals surface area contributed by atoms with Gasteiger partial charge in [0.15, 0.2) is 0 Å². The van der Waals surface area contributed by atoms with Crippen LogP contribution in [-0.2, 0) is 11.8 Å². The minimum atomic E-state index is -5.14. The smallest absolute Gasteiger partial charge is 0.340 e. The Labute approximate surface area is 116 Å². The van der Waals surface area contributed by atoms with E-state index in [4.69, 9.17) is 0 Å². The van der Waals surface area contributed by atoms with E-state index < -0.39 is 37.0 Å². The molecule has 0 saturated carbocycles. The minimum absolute atomic E-state index is 0.0215. The molecule has 1 saturated heterocycles. The Kier molecular flexibility index (Phi) is 3.91. The second-order valence-electron chi connectivity index (χ2n) is 4.99. The number of alkyl halides is 5. The zero-order valence-electron chi connectivity index (χ0n) is 11.1. The van der Waals surface area contributed by atoms with Gasteiger partial charge in [-0.3, -0.25) is 14.4 Å². The molecule has 10 heteroatoms. The van der Waals surface area contributed by atoms with Crippen LogP contribution in [0.25, 0.3) is 0 Å². The van der Waals surface area contributed by atoms with E-state index in [0.717, 1.165) is 6.20 Å². The molecule has 0 spiro atoms. The fraction of sp³-hybridized carbons (Fsp3) is 0.636. The average molecular weight is 313 g/mol. The Hall–Kier alpha value is -1.71. The second-order valence-corrected chi connectivity index (χ2v) is 4.99. The van der Waals surface area contributed by atoms with Crippen molar-refractivity contribution >= 4 is 11.6 Å². The molecule has 1 fully saturated rings. The third-order valence-electron chi connectivity index (χ3n) is 3.21. The molecule has 0 aliphatic carbocycles. The van der Waals surface area contributed by atoms with Crippen molar-refractivity contribution in [3.05, 3.63) is 12.4 Å². The Bertz CT molecular complexity index is 527. The first-order valence-corrected chi connectivity index (χ1v) is 6.19. The summed E-state index contributed by atoms with van der Waals surface area (Å²) in [7, 11) is 1.46. The van der Waals surface area contributed by atoms with Gasteiger partial charge < -0.3 is 5.32 Å². The highest BCUT2D eigenvalue weighted by Crippen LogP contribution is 2.30. The van der Waals surface area contributed by atoms with E-state index in [9.17, 15) is 26.7 Å². The molecule has 2 N–H and O–H groups in total. The second kappa shape index (κ2) is 5.24. The average Bonchev–Trinajstić information content (AvgIpc) is 2.73. The SMILES string of the molecule is Cn1cc(N(C(=O)C(F)(F)F)C2C[NH2+]CC(F)(F)C2)cn1. The molecule has 1 amide bonds. The van der Waals surface area contributed by atoms with Crippen LogP contribution in [0.1, 0.15) is 6.42 Å². The van der Waals surface area contributed by atoms with Crippen molar-refractivity contribution in [1.82, 2.24) is 9.78 Å². The van der Waals surface area contributed by atoms with E-state index in [0.29, 0.717) is 4.90 Å². The maximum atomic E-state index is 13.4. The third kappa shape index (κ3) is 3.49. The van der Waals surface area contributed by atoms with Gasteiger partial charge in [0.05, 0.1) is 24.5 Å². The molecule has 0 radical (unpaired) electrons. The largest absolute Gasteiger partial charge is 0.471 e. The lowest BCUT2D eigenvalue weighted by Crippen LogP contribution is -2.93. The van der Waals surface area contributed by atoms with Gasteiger partial charge in [0.2, 0.25) is 0 Å². The summed E-state index contributed by atoms with van der Waals surface area (Å²) < 4.78 is 66.2. The molecule has 0 bridgehead atoms. The summed E-state index contributed by atoms with van der Waals surface area (Å²) in [6.07, 6.45) is -3.70. The molecule has 1 aliphatic heterocycles. The number of amides is 1. The summed E-state index contributed by atoms with van der Waals surface area (Å²) in [6, 6.07) is -1.24. The topological polar surface area (TPSA) is 54.7 Å². The maximum absolute atomic E-state index is 13.4. The Morgan fingerprint density at radius 1 is 1.52 bits per heavy atom. The van der Waals surface area contributed by atoms with Crippen LogP contribution < -0.4 is 10.2 Å². The number of aryl methyl sites for hydroxylation is 1. The quantitative estimate of drug-likeness (QED) is 0.798. The Morgan fingerprint density at radius 3 is 2.67 bits per heavy atom. The van der Waals surface area contributed by atoms with Crippen molar-refractivity contribution in [2.45, 2.75) is 24.6 Å². The van der Waals surface area contributed by atoms with Crippen LogP contribution >= 0.6 is 0 Å². The highest BCUT2D eigenvalue weighted by molar-refractivity contribution is 5.97. The van der Waals surface area contributed by atoms with Gasteiger partial charge in [0, 0.05) is 19.7 Å². The molecule has 118 valence electrons. The zero-order chi connectivity index (χ0) is 15.8. The summed E-state index contributed by atoms with van der Waals surface area (Å²) in [5, 5.41) is 4.90. The number of halogens is 5. The first-order valence-electron chi connectivity index (χ1n) is 6.19. The van der Waals surface area contributed by atoms with Gasteiger partial charge in [0.1, 0.15) is 6.54 Å². The molecule has 1 atom stereocenters. The van der Waals surface area contributed by atoms with E-state index >= 15 is 0 Å². The van der Waals surface area contributed by atoms with Crippen molar-refractivity contribution < 1.29 is 32.1 Å². The van der Waals surface area contributed by atoms with E-state index in [2.05, 4.69) is 5.10 Å². The lowest BCUT2D eigenvalue weighted by atomic mass is 10.0. The van der Waals surface area contributed by atoms with Gasteiger partial charge in [-0.2, -0.15) is 18.3 Å². The summed E-state index contributed by atoms with van der Waals surface area (Å²) in [6.45, 7) is -0.517. The summed E-state index contributed by atoms with van der Waals surface area (Å²) in [4.78, 5) is 12.0. The highest BCUT2D eigenvalue weighted by Gasteiger charge is 2.50. The van der Waals surface area contributed by atoms with Crippen LogP contribution in [0.2, 0.25) is 0 Å². The highest BCUT2D eigenvalue weighted by atomic mass is 19.4. The summed E-state index contributed by atoms with van der Waals surface area (Å²) in [5.41, 5.74) is -0.143. The number of hydrogen-bond acceptors (Lipinski definition) is 2. The molecule has 1 aromatic heterocycles. The first-order chi connectivity index (χ1) is 9.60. The molecule has 1 unspecified atom stereocenters. The van der Waals surface area contributed by atoms with Gasteiger partial charge in [-0.15, -0.1) is 0 Å². The van der Waals surface area contributed by atoms with E-state index in [1.807, 2.05) is 0 Å². The first kappa shape index (κ1) is 15.7. The summed E-state index contributed by atoms with van der Waals surface area (Å²) >= 11 is 0. The molecular weight excluding hydrogens is 299 g/mol. The number of nitrogens with two attached hydrogens (primary N) is 1. The van der Waals surface area contributed by atoms with Gasteiger partial charge >= 0.3 is 12.1 Å². The van der Waals surface area contributed by atoms with E-state index in [1.54, 1.807) is 0 Å². The number of nitrogens with zero attached hydrogens (tertiary/aromatic N) is 3. The number of piperidine rings is 1. The van der Waals surface area contributed by atoms with Crippen molar-refractivity contribution in [3.63, 3.8) is 0 Å². The number of carbonyl (C=O) groups is 1. The fourth-order valence-corrected chi connectivity index (χ4v) is 2.36. The number of rotatable bonds is 2. The Morgan fingerprint density at radius 2 is 2.19 bits per heavy atom. The number of carbonyl (C=O) groups excluding carboxylic acids is 1. The molecular formula is C11H14F5N4O+. The number of anilines is 1. The van der Waals surface area contributed by atoms with Crippen molar-refractivity contribution in [2.24, 2.45) is 7.05 Å². The van der Waals surface area contributed by atoms with Crippen molar-refractivity contribution in [1.29, 1.82) is 0 Å². The van der Waals surface area contributed by atoms with E-state index in [-0.39, 0.29) is 12.2 Å². The van der Waals surface area contributed by atoms with Gasteiger partial charge in [0.25, 0.3) is 5.92 Å². The molecule has 1 aromatic rings. The number of quaternary nitrogens is 1. The van der Waals surface area contributed by atoms with E-state index in [1.165, 1.54) is 23.2 Å².